The van der Waals surface area contributed by atoms with Gasteiger partial charge in [0.1, 0.15) is 17.1 Å². The molecule has 4 rings (SSSR count). The van der Waals surface area contributed by atoms with Crippen LogP contribution in [0.3, 0.4) is 0 Å². The molecule has 0 saturated heterocycles. The Balaban J connectivity index is 1.68. The molecule has 2 atom stereocenters. The monoisotopic (exact) mass is 569 g/mol. The molecule has 3 aromatic carbocycles. The lowest BCUT2D eigenvalue weighted by Gasteiger charge is -2.31. The van der Waals surface area contributed by atoms with Gasteiger partial charge in [0, 0.05) is 12.1 Å². The Morgan fingerprint density at radius 3 is 2.31 bits per heavy atom. The zero-order valence-electron chi connectivity index (χ0n) is 24.0. The Morgan fingerprint density at radius 1 is 1.05 bits per heavy atom. The van der Waals surface area contributed by atoms with Gasteiger partial charge in [0.25, 0.3) is 0 Å². The third kappa shape index (κ3) is 6.50. The second-order valence-corrected chi connectivity index (χ2v) is 10.3. The third-order valence-electron chi connectivity index (χ3n) is 7.40. The predicted octanol–water partition coefficient (Wildman–Crippen LogP) is 4.16. The van der Waals surface area contributed by atoms with Crippen molar-refractivity contribution in [2.75, 3.05) is 7.11 Å². The summed E-state index contributed by atoms with van der Waals surface area (Å²) in [5, 5.41) is 9.70. The van der Waals surface area contributed by atoms with E-state index < -0.39 is 24.0 Å². The number of hydrogen-bond donors (Lipinski definition) is 4. The number of aromatic carboxylic acids is 1. The molecule has 10 heteroatoms. The van der Waals surface area contributed by atoms with Gasteiger partial charge in [0.2, 0.25) is 11.8 Å². The number of aromatic nitrogens is 2. The number of ether oxygens (including phenoxy) is 1. The maximum Gasteiger partial charge on any atom is 0.339 e. The fourth-order valence-electron chi connectivity index (χ4n) is 5.06. The number of amides is 2. The van der Waals surface area contributed by atoms with Gasteiger partial charge in [0.15, 0.2) is 0 Å². The normalized spacial score (nSPS) is 12.4. The summed E-state index contributed by atoms with van der Waals surface area (Å²) >= 11 is 0. The van der Waals surface area contributed by atoms with Crippen LogP contribution in [0.25, 0.3) is 11.3 Å². The Kier molecular flexibility index (Phi) is 9.07. The van der Waals surface area contributed by atoms with Crippen molar-refractivity contribution in [2.45, 2.75) is 45.8 Å². The fraction of sp³-hybridized carbons (Fsp3) is 0.250. The van der Waals surface area contributed by atoms with Crippen molar-refractivity contribution in [2.24, 2.45) is 11.5 Å². The average molecular weight is 570 g/mol. The minimum absolute atomic E-state index is 0.00972. The highest BCUT2D eigenvalue weighted by Gasteiger charge is 2.29. The van der Waals surface area contributed by atoms with E-state index in [-0.39, 0.29) is 30.2 Å². The Morgan fingerprint density at radius 2 is 1.71 bits per heavy atom. The van der Waals surface area contributed by atoms with Crippen LogP contribution in [0, 0.1) is 13.8 Å². The van der Waals surface area contributed by atoms with Crippen molar-refractivity contribution in [1.29, 1.82) is 0 Å². The number of aromatic amines is 1. The molecule has 0 bridgehead atoms. The Labute approximate surface area is 244 Å². The zero-order chi connectivity index (χ0) is 30.6. The Bertz CT molecular complexity index is 1590. The number of primary amides is 1. The molecule has 10 nitrogen and oxygen atoms in total. The Hall–Kier alpha value is -4.96. The average Bonchev–Trinajstić information content (AvgIpc) is 3.47. The molecule has 0 radical (unpaired) electrons. The molecule has 0 saturated carbocycles. The summed E-state index contributed by atoms with van der Waals surface area (Å²) in [5.41, 5.74) is 17.2. The van der Waals surface area contributed by atoms with Gasteiger partial charge in [-0.05, 0) is 79.3 Å². The van der Waals surface area contributed by atoms with Crippen molar-refractivity contribution < 1.29 is 24.2 Å². The summed E-state index contributed by atoms with van der Waals surface area (Å²) in [6.07, 6.45) is 1.95. The number of hydrogen-bond acceptors (Lipinski definition) is 6. The van der Waals surface area contributed by atoms with Crippen LogP contribution in [-0.2, 0) is 17.8 Å². The molecule has 0 aliphatic carbocycles. The van der Waals surface area contributed by atoms with Crippen LogP contribution in [0.4, 0.5) is 0 Å². The quantitative estimate of drug-likeness (QED) is 0.211. The molecule has 218 valence electrons. The number of rotatable bonds is 11. The van der Waals surface area contributed by atoms with Crippen LogP contribution in [-0.4, -0.2) is 50.9 Å². The lowest BCUT2D eigenvalue weighted by Crippen LogP contribution is -2.46. The number of H-pyrrole nitrogens is 1. The minimum atomic E-state index is -1.14. The van der Waals surface area contributed by atoms with Crippen LogP contribution >= 0.6 is 0 Å². The molecule has 1 aromatic heterocycles. The predicted molar refractivity (Wildman–Crippen MR) is 159 cm³/mol. The van der Waals surface area contributed by atoms with Crippen molar-refractivity contribution >= 4 is 17.8 Å². The summed E-state index contributed by atoms with van der Waals surface area (Å²) in [4.78, 5) is 47.1. The van der Waals surface area contributed by atoms with E-state index in [0.717, 1.165) is 27.9 Å². The zero-order valence-corrected chi connectivity index (χ0v) is 24.0. The molecule has 0 spiro atoms. The number of nitrogens with zero attached hydrogens (tertiary/aromatic N) is 2. The van der Waals surface area contributed by atoms with E-state index in [9.17, 15) is 19.5 Å². The topological polar surface area (TPSA) is 165 Å². The summed E-state index contributed by atoms with van der Waals surface area (Å²) in [5.74, 6) is -1.23. The molecule has 0 fully saturated rings. The van der Waals surface area contributed by atoms with E-state index in [0.29, 0.717) is 17.0 Å². The van der Waals surface area contributed by atoms with Gasteiger partial charge >= 0.3 is 5.97 Å². The molecule has 4 aromatic rings. The molecule has 2 amide bonds. The molecule has 6 N–H and O–H groups in total. The number of benzene rings is 3. The fourth-order valence-corrected chi connectivity index (χ4v) is 5.06. The van der Waals surface area contributed by atoms with Gasteiger partial charge in [-0.2, -0.15) is 0 Å². The second-order valence-electron chi connectivity index (χ2n) is 10.3. The van der Waals surface area contributed by atoms with Crippen LogP contribution in [0.15, 0.2) is 66.9 Å². The van der Waals surface area contributed by atoms with Crippen molar-refractivity contribution in [1.82, 2.24) is 14.9 Å². The number of carboxylic acid groups (broad SMARTS) is 1. The first-order chi connectivity index (χ1) is 20.0. The smallest absolute Gasteiger partial charge is 0.339 e. The van der Waals surface area contributed by atoms with Crippen LogP contribution < -0.4 is 16.2 Å². The van der Waals surface area contributed by atoms with E-state index in [1.807, 2.05) is 51.1 Å². The van der Waals surface area contributed by atoms with E-state index in [2.05, 4.69) is 9.97 Å². The highest BCUT2D eigenvalue weighted by atomic mass is 16.5. The molecule has 1 unspecified atom stereocenters. The standard InChI is InChI=1S/C32H35N5O5/c1-18-12-23(29(34)38)13-19(2)24(18)15-26(33)31(39)37(17-21-10-11-28(42-4)25(14-21)32(40)41)20(3)30-35-16-27(36-30)22-8-6-5-7-9-22/h5-14,16,20,26H,15,17,33H2,1-4H3,(H2,34,38)(H,35,36)(H,40,41)/t20-,26?/m1/s1. The first kappa shape index (κ1) is 30.0. The van der Waals surface area contributed by atoms with E-state index in [1.54, 1.807) is 35.4 Å². The minimum Gasteiger partial charge on any atom is -0.496 e. The maximum absolute atomic E-state index is 14.0. The van der Waals surface area contributed by atoms with Gasteiger partial charge in [-0.3, -0.25) is 9.59 Å². The number of aryl methyl sites for hydroxylation is 2. The van der Waals surface area contributed by atoms with Gasteiger partial charge < -0.3 is 31.2 Å². The number of carboxylic acids is 1. The number of methoxy groups -OCH3 is 1. The third-order valence-corrected chi connectivity index (χ3v) is 7.40. The van der Waals surface area contributed by atoms with Gasteiger partial charge in [-0.1, -0.05) is 36.4 Å². The van der Waals surface area contributed by atoms with Gasteiger partial charge in [-0.15, -0.1) is 0 Å². The molecule has 0 aliphatic heterocycles. The van der Waals surface area contributed by atoms with Crippen LogP contribution in [0.5, 0.6) is 5.75 Å². The molecule has 1 heterocycles. The van der Waals surface area contributed by atoms with Crippen molar-refractivity contribution in [3.63, 3.8) is 0 Å². The summed E-state index contributed by atoms with van der Waals surface area (Å²) in [7, 11) is 1.40. The molecular formula is C32H35N5O5. The number of imidazole rings is 1. The summed E-state index contributed by atoms with van der Waals surface area (Å²) in [6, 6.07) is 16.4. The second kappa shape index (κ2) is 12.7. The van der Waals surface area contributed by atoms with Crippen LogP contribution in [0.1, 0.15) is 61.8 Å². The van der Waals surface area contributed by atoms with Gasteiger partial charge in [-0.25, -0.2) is 9.78 Å². The number of nitrogens with one attached hydrogen (secondary N) is 1. The maximum atomic E-state index is 14.0. The lowest BCUT2D eigenvalue weighted by molar-refractivity contribution is -0.135. The van der Waals surface area contributed by atoms with Crippen molar-refractivity contribution in [3.8, 4) is 17.0 Å². The highest BCUT2D eigenvalue weighted by Crippen LogP contribution is 2.28. The highest BCUT2D eigenvalue weighted by molar-refractivity contribution is 5.93. The van der Waals surface area contributed by atoms with Gasteiger partial charge in [0.05, 0.1) is 31.1 Å². The molecule has 0 aliphatic rings. The largest absolute Gasteiger partial charge is 0.496 e. The van der Waals surface area contributed by atoms with Crippen LogP contribution in [0.2, 0.25) is 0 Å². The molecular weight excluding hydrogens is 534 g/mol. The number of carbonyl (C=O) groups excluding carboxylic acids is 2. The van der Waals surface area contributed by atoms with E-state index in [1.165, 1.54) is 13.2 Å². The first-order valence-electron chi connectivity index (χ1n) is 13.5. The number of carbonyl (C=O) groups is 3. The van der Waals surface area contributed by atoms with E-state index in [4.69, 9.17) is 16.2 Å². The van der Waals surface area contributed by atoms with Crippen molar-refractivity contribution in [3.05, 3.63) is 106 Å². The summed E-state index contributed by atoms with van der Waals surface area (Å²) < 4.78 is 5.20. The van der Waals surface area contributed by atoms with E-state index >= 15 is 0 Å². The molecule has 42 heavy (non-hydrogen) atoms. The lowest BCUT2D eigenvalue weighted by atomic mass is 9.93. The first-order valence-corrected chi connectivity index (χ1v) is 13.5. The summed E-state index contributed by atoms with van der Waals surface area (Å²) in [6.45, 7) is 5.63. The SMILES string of the molecule is COc1ccc(CN(C(=O)C(N)Cc2c(C)cc(C(N)=O)cc2C)[C@H](C)c2ncc(-c3ccccc3)[nH]2)cc1C(=O)O. The number of nitrogens with two attached hydrogens (primary N) is 2.